The molecule has 4 rings (SSSR count). The number of nitrogens with two attached hydrogens (primary N) is 1. The van der Waals surface area contributed by atoms with E-state index in [0.717, 1.165) is 29.8 Å². The van der Waals surface area contributed by atoms with E-state index in [1.165, 1.54) is 0 Å². The molecular weight excluding hydrogens is 420 g/mol. The SMILES string of the molecule is CCC1(N)c2ccc(C(=O)c3ccc(C=NN4CCOCC4)cc3)cc2CCN1CC(=O)O. The van der Waals surface area contributed by atoms with Crippen LogP contribution in [-0.4, -0.2) is 72.4 Å². The highest BCUT2D eigenvalue weighted by atomic mass is 16.5. The molecule has 2 aliphatic heterocycles. The minimum Gasteiger partial charge on any atom is -0.480 e. The molecule has 0 bridgehead atoms. The number of carboxylic acid groups (broad SMARTS) is 1. The van der Waals surface area contributed by atoms with Gasteiger partial charge in [0.15, 0.2) is 5.78 Å². The van der Waals surface area contributed by atoms with E-state index in [2.05, 4.69) is 5.10 Å². The molecule has 1 atom stereocenters. The standard InChI is InChI=1S/C25H30N4O4/c1-2-25(26)22-8-7-21(15-20(22)9-10-28(25)17-23(30)31)24(32)19-5-3-18(4-6-19)16-27-29-11-13-33-14-12-29/h3-8,15-16H,2,9-14,17,26H2,1H3,(H,30,31). The van der Waals surface area contributed by atoms with Crippen LogP contribution >= 0.6 is 0 Å². The quantitative estimate of drug-likeness (QED) is 0.491. The zero-order chi connectivity index (χ0) is 23.4. The highest BCUT2D eigenvalue weighted by molar-refractivity contribution is 6.09. The van der Waals surface area contributed by atoms with E-state index >= 15 is 0 Å². The van der Waals surface area contributed by atoms with Gasteiger partial charge >= 0.3 is 5.97 Å². The van der Waals surface area contributed by atoms with Crippen molar-refractivity contribution in [1.29, 1.82) is 0 Å². The van der Waals surface area contributed by atoms with Gasteiger partial charge in [-0.15, -0.1) is 0 Å². The fraction of sp³-hybridized carbons (Fsp3) is 0.400. The number of morpholine rings is 1. The van der Waals surface area contributed by atoms with E-state index in [0.29, 0.717) is 43.7 Å². The van der Waals surface area contributed by atoms with Crippen LogP contribution in [0.4, 0.5) is 0 Å². The predicted molar refractivity (Wildman–Crippen MR) is 125 cm³/mol. The molecule has 0 aliphatic carbocycles. The summed E-state index contributed by atoms with van der Waals surface area (Å²) in [6.07, 6.45) is 3.03. The maximum atomic E-state index is 13.1. The first-order chi connectivity index (χ1) is 15.9. The van der Waals surface area contributed by atoms with E-state index in [1.807, 2.05) is 48.3 Å². The number of fused-ring (bicyclic) bond motifs is 1. The Labute approximate surface area is 193 Å². The second-order valence-corrected chi connectivity index (χ2v) is 8.48. The van der Waals surface area contributed by atoms with Crippen LogP contribution in [0.3, 0.4) is 0 Å². The van der Waals surface area contributed by atoms with Crippen molar-refractivity contribution in [3.63, 3.8) is 0 Å². The minimum absolute atomic E-state index is 0.0541. The maximum absolute atomic E-state index is 13.1. The van der Waals surface area contributed by atoms with Gasteiger partial charge in [0.25, 0.3) is 0 Å². The fourth-order valence-corrected chi connectivity index (χ4v) is 4.49. The second-order valence-electron chi connectivity index (χ2n) is 8.48. The highest BCUT2D eigenvalue weighted by Gasteiger charge is 2.38. The maximum Gasteiger partial charge on any atom is 0.317 e. The monoisotopic (exact) mass is 450 g/mol. The van der Waals surface area contributed by atoms with Gasteiger partial charge in [-0.1, -0.05) is 43.3 Å². The lowest BCUT2D eigenvalue weighted by Gasteiger charge is -2.44. The van der Waals surface area contributed by atoms with E-state index in [4.69, 9.17) is 10.5 Å². The summed E-state index contributed by atoms with van der Waals surface area (Å²) in [4.78, 5) is 26.2. The Morgan fingerprint density at radius 3 is 2.48 bits per heavy atom. The molecule has 0 spiro atoms. The number of carboxylic acids is 1. The minimum atomic E-state index is -0.896. The Balaban J connectivity index is 1.50. The lowest BCUT2D eigenvalue weighted by Crippen LogP contribution is -2.57. The molecule has 2 heterocycles. The van der Waals surface area contributed by atoms with E-state index in [-0.39, 0.29) is 12.3 Å². The number of hydrazone groups is 1. The van der Waals surface area contributed by atoms with Crippen molar-refractivity contribution in [2.24, 2.45) is 10.8 Å². The molecule has 0 aromatic heterocycles. The second kappa shape index (κ2) is 9.82. The number of hydrogen-bond donors (Lipinski definition) is 2. The van der Waals surface area contributed by atoms with Crippen molar-refractivity contribution < 1.29 is 19.4 Å². The molecule has 2 aliphatic rings. The molecule has 0 radical (unpaired) electrons. The van der Waals surface area contributed by atoms with Crippen molar-refractivity contribution in [3.05, 3.63) is 70.3 Å². The number of benzene rings is 2. The average Bonchev–Trinajstić information content (AvgIpc) is 2.84. The van der Waals surface area contributed by atoms with Gasteiger partial charge in [0.05, 0.1) is 44.7 Å². The summed E-state index contributed by atoms with van der Waals surface area (Å²) in [5, 5.41) is 15.7. The molecule has 1 saturated heterocycles. The molecule has 3 N–H and O–H groups in total. The third-order valence-electron chi connectivity index (χ3n) is 6.44. The third-order valence-corrected chi connectivity index (χ3v) is 6.44. The molecule has 8 heteroatoms. The molecule has 1 fully saturated rings. The number of aliphatic carboxylic acids is 1. The van der Waals surface area contributed by atoms with E-state index in [1.54, 1.807) is 17.2 Å². The van der Waals surface area contributed by atoms with Crippen molar-refractivity contribution in [1.82, 2.24) is 9.91 Å². The Kier molecular flexibility index (Phi) is 6.88. The molecule has 8 nitrogen and oxygen atoms in total. The summed E-state index contributed by atoms with van der Waals surface area (Å²) in [7, 11) is 0. The predicted octanol–water partition coefficient (Wildman–Crippen LogP) is 2.05. The van der Waals surface area contributed by atoms with Gasteiger partial charge in [-0.2, -0.15) is 5.10 Å². The Hall–Kier alpha value is -3.07. The van der Waals surface area contributed by atoms with Gasteiger partial charge < -0.3 is 15.6 Å². The Morgan fingerprint density at radius 2 is 1.82 bits per heavy atom. The summed E-state index contributed by atoms with van der Waals surface area (Å²) in [6, 6.07) is 13.0. The number of rotatable bonds is 7. The fourth-order valence-electron chi connectivity index (χ4n) is 4.49. The number of nitrogens with zero attached hydrogens (tertiary/aromatic N) is 3. The van der Waals surface area contributed by atoms with E-state index in [9.17, 15) is 14.7 Å². The normalized spacial score (nSPS) is 21.2. The topological polar surface area (TPSA) is 108 Å². The smallest absolute Gasteiger partial charge is 0.317 e. The zero-order valence-electron chi connectivity index (χ0n) is 18.9. The van der Waals surface area contributed by atoms with Crippen LogP contribution in [0.15, 0.2) is 47.6 Å². The van der Waals surface area contributed by atoms with Crippen LogP contribution in [0.5, 0.6) is 0 Å². The van der Waals surface area contributed by atoms with Crippen LogP contribution in [0, 0.1) is 0 Å². The van der Waals surface area contributed by atoms with Crippen molar-refractivity contribution in [2.75, 3.05) is 39.4 Å². The van der Waals surface area contributed by atoms with Gasteiger partial charge in [0, 0.05) is 17.7 Å². The number of carbonyl (C=O) groups is 2. The van der Waals surface area contributed by atoms with Gasteiger partial charge in [0.2, 0.25) is 0 Å². The van der Waals surface area contributed by atoms with E-state index < -0.39 is 11.6 Å². The molecular formula is C25H30N4O4. The van der Waals surface area contributed by atoms with Crippen LogP contribution < -0.4 is 5.73 Å². The van der Waals surface area contributed by atoms with Crippen molar-refractivity contribution in [3.8, 4) is 0 Å². The number of ether oxygens (including phenoxy) is 1. The highest BCUT2D eigenvalue weighted by Crippen LogP contribution is 2.34. The first-order valence-electron chi connectivity index (χ1n) is 11.3. The van der Waals surface area contributed by atoms with Gasteiger partial charge in [-0.3, -0.25) is 19.5 Å². The van der Waals surface area contributed by atoms with Gasteiger partial charge in [0.1, 0.15) is 0 Å². The molecule has 1 unspecified atom stereocenters. The Morgan fingerprint density at radius 1 is 1.12 bits per heavy atom. The summed E-state index contributed by atoms with van der Waals surface area (Å²) >= 11 is 0. The van der Waals surface area contributed by atoms with Crippen LogP contribution in [-0.2, 0) is 21.6 Å². The van der Waals surface area contributed by atoms with Gasteiger partial charge in [-0.05, 0) is 35.6 Å². The van der Waals surface area contributed by atoms with Crippen LogP contribution in [0.2, 0.25) is 0 Å². The lowest BCUT2D eigenvalue weighted by molar-refractivity contribution is -0.140. The first kappa shape index (κ1) is 23.1. The molecule has 2 aromatic rings. The molecule has 33 heavy (non-hydrogen) atoms. The molecule has 0 amide bonds. The average molecular weight is 451 g/mol. The van der Waals surface area contributed by atoms with Crippen molar-refractivity contribution in [2.45, 2.75) is 25.4 Å². The molecule has 2 aromatic carbocycles. The Bertz CT molecular complexity index is 1050. The number of ketones is 1. The summed E-state index contributed by atoms with van der Waals surface area (Å²) in [5.74, 6) is -0.950. The van der Waals surface area contributed by atoms with Crippen molar-refractivity contribution >= 4 is 18.0 Å². The summed E-state index contributed by atoms with van der Waals surface area (Å²) in [5.41, 5.74) is 9.84. The summed E-state index contributed by atoms with van der Waals surface area (Å²) in [6.45, 7) is 5.32. The van der Waals surface area contributed by atoms with Crippen LogP contribution in [0.1, 0.15) is 46.0 Å². The first-order valence-corrected chi connectivity index (χ1v) is 11.3. The number of carbonyl (C=O) groups excluding carboxylic acids is 1. The molecule has 174 valence electrons. The number of hydrogen-bond acceptors (Lipinski definition) is 7. The summed E-state index contributed by atoms with van der Waals surface area (Å²) < 4.78 is 5.32. The zero-order valence-corrected chi connectivity index (χ0v) is 18.9. The van der Waals surface area contributed by atoms with Gasteiger partial charge in [-0.25, -0.2) is 0 Å². The van der Waals surface area contributed by atoms with Crippen LogP contribution in [0.25, 0.3) is 0 Å². The molecule has 0 saturated carbocycles. The third kappa shape index (κ3) is 4.98. The largest absolute Gasteiger partial charge is 0.480 e. The lowest BCUT2D eigenvalue weighted by atomic mass is 9.84.